The number of hydrogen-bond acceptors (Lipinski definition) is 5. The number of anilines is 1. The van der Waals surface area contributed by atoms with Crippen LogP contribution in [0, 0.1) is 0 Å². The largest absolute Gasteiger partial charge is 0.493 e. The zero-order valence-electron chi connectivity index (χ0n) is 15.1. The average molecular weight is 353 g/mol. The van der Waals surface area contributed by atoms with Crippen LogP contribution in [0.4, 0.5) is 5.82 Å². The molecule has 6 heteroatoms. The van der Waals surface area contributed by atoms with Crippen molar-refractivity contribution in [2.75, 3.05) is 45.3 Å². The van der Waals surface area contributed by atoms with E-state index in [1.807, 2.05) is 41.3 Å². The number of piperazine rings is 1. The van der Waals surface area contributed by atoms with Crippen LogP contribution in [0.15, 0.2) is 48.7 Å². The molecule has 1 saturated heterocycles. The number of hydrogen-bond donors (Lipinski definition) is 0. The van der Waals surface area contributed by atoms with E-state index in [9.17, 15) is 4.79 Å². The molecule has 26 heavy (non-hydrogen) atoms. The Morgan fingerprint density at radius 1 is 1.04 bits per heavy atom. The Kier molecular flexibility index (Phi) is 5.73. The van der Waals surface area contributed by atoms with Gasteiger partial charge in [0.25, 0.3) is 0 Å². The maximum atomic E-state index is 12.4. The smallest absolute Gasteiger partial charge is 0.246 e. The molecule has 1 aliphatic rings. The van der Waals surface area contributed by atoms with Crippen LogP contribution >= 0.6 is 0 Å². The summed E-state index contributed by atoms with van der Waals surface area (Å²) in [5, 5.41) is 0. The Labute approximate surface area is 153 Å². The van der Waals surface area contributed by atoms with Crippen LogP contribution in [0.5, 0.6) is 11.5 Å². The summed E-state index contributed by atoms with van der Waals surface area (Å²) in [5.74, 6) is 2.29. The number of benzene rings is 1. The average Bonchev–Trinajstić information content (AvgIpc) is 2.72. The summed E-state index contributed by atoms with van der Waals surface area (Å²) in [6, 6.07) is 11.4. The highest BCUT2D eigenvalue weighted by Gasteiger charge is 2.20. The summed E-state index contributed by atoms with van der Waals surface area (Å²) < 4.78 is 10.5. The van der Waals surface area contributed by atoms with E-state index in [2.05, 4.69) is 9.88 Å². The Bertz CT molecular complexity index is 769. The van der Waals surface area contributed by atoms with E-state index in [0.717, 1.165) is 24.5 Å². The summed E-state index contributed by atoms with van der Waals surface area (Å²) in [4.78, 5) is 20.9. The van der Waals surface area contributed by atoms with Crippen molar-refractivity contribution in [2.24, 2.45) is 0 Å². The van der Waals surface area contributed by atoms with Crippen molar-refractivity contribution in [1.82, 2.24) is 9.88 Å². The number of carbonyl (C=O) groups excluding carboxylic acids is 1. The number of pyridine rings is 1. The SMILES string of the molecule is COc1ccc(/C=C/C(=O)N2CCN(c3ccccn3)CC2)cc1OC. The quantitative estimate of drug-likeness (QED) is 0.773. The van der Waals surface area contributed by atoms with Crippen LogP contribution in [-0.2, 0) is 4.79 Å². The number of methoxy groups -OCH3 is 2. The summed E-state index contributed by atoms with van der Waals surface area (Å²) in [7, 11) is 3.19. The second-order valence-electron chi connectivity index (χ2n) is 5.95. The predicted octanol–water partition coefficient (Wildman–Crippen LogP) is 2.46. The van der Waals surface area contributed by atoms with E-state index in [1.165, 1.54) is 0 Å². The lowest BCUT2D eigenvalue weighted by Gasteiger charge is -2.34. The lowest BCUT2D eigenvalue weighted by atomic mass is 10.2. The Morgan fingerprint density at radius 3 is 2.46 bits per heavy atom. The van der Waals surface area contributed by atoms with E-state index in [1.54, 1.807) is 32.6 Å². The highest BCUT2D eigenvalue weighted by Crippen LogP contribution is 2.28. The molecule has 0 saturated carbocycles. The van der Waals surface area contributed by atoms with Gasteiger partial charge >= 0.3 is 0 Å². The second-order valence-corrected chi connectivity index (χ2v) is 5.95. The van der Waals surface area contributed by atoms with Crippen LogP contribution in [-0.4, -0.2) is 56.2 Å². The standard InChI is InChI=1S/C20H23N3O3/c1-25-17-8-6-16(15-18(17)26-2)7-9-20(24)23-13-11-22(12-14-23)19-5-3-4-10-21-19/h3-10,15H,11-14H2,1-2H3/b9-7+. The fourth-order valence-electron chi connectivity index (χ4n) is 2.93. The minimum atomic E-state index is 0.0143. The molecule has 0 unspecified atom stereocenters. The molecule has 0 N–H and O–H groups in total. The zero-order chi connectivity index (χ0) is 18.4. The molecule has 1 fully saturated rings. The van der Waals surface area contributed by atoms with Crippen LogP contribution in [0.3, 0.4) is 0 Å². The minimum Gasteiger partial charge on any atom is -0.493 e. The maximum absolute atomic E-state index is 12.4. The number of rotatable bonds is 5. The van der Waals surface area contributed by atoms with Gasteiger partial charge in [0.05, 0.1) is 14.2 Å². The third kappa shape index (κ3) is 4.14. The molecule has 0 aliphatic carbocycles. The van der Waals surface area contributed by atoms with Crippen molar-refractivity contribution in [1.29, 1.82) is 0 Å². The van der Waals surface area contributed by atoms with Gasteiger partial charge in [-0.05, 0) is 35.9 Å². The van der Waals surface area contributed by atoms with Crippen molar-refractivity contribution in [3.63, 3.8) is 0 Å². The van der Waals surface area contributed by atoms with Crippen LogP contribution in [0.1, 0.15) is 5.56 Å². The fraction of sp³-hybridized carbons (Fsp3) is 0.300. The zero-order valence-corrected chi connectivity index (χ0v) is 15.1. The molecule has 1 amide bonds. The number of ether oxygens (including phenoxy) is 2. The normalized spacial score (nSPS) is 14.5. The van der Waals surface area contributed by atoms with Gasteiger partial charge in [-0.2, -0.15) is 0 Å². The van der Waals surface area contributed by atoms with Gasteiger partial charge in [-0.25, -0.2) is 4.98 Å². The van der Waals surface area contributed by atoms with Crippen molar-refractivity contribution in [3.05, 3.63) is 54.2 Å². The van der Waals surface area contributed by atoms with Crippen molar-refractivity contribution < 1.29 is 14.3 Å². The van der Waals surface area contributed by atoms with Crippen molar-refractivity contribution in [2.45, 2.75) is 0 Å². The first-order chi connectivity index (χ1) is 12.7. The third-order valence-corrected chi connectivity index (χ3v) is 4.39. The molecule has 1 aromatic heterocycles. The summed E-state index contributed by atoms with van der Waals surface area (Å²) in [6.07, 6.45) is 5.20. The Morgan fingerprint density at radius 2 is 1.81 bits per heavy atom. The van der Waals surface area contributed by atoms with Gasteiger partial charge in [-0.1, -0.05) is 12.1 Å². The van der Waals surface area contributed by atoms with E-state index in [4.69, 9.17) is 9.47 Å². The van der Waals surface area contributed by atoms with Gasteiger partial charge in [-0.15, -0.1) is 0 Å². The molecule has 3 rings (SSSR count). The van der Waals surface area contributed by atoms with Gasteiger partial charge in [0.1, 0.15) is 5.82 Å². The highest BCUT2D eigenvalue weighted by atomic mass is 16.5. The summed E-state index contributed by atoms with van der Waals surface area (Å²) >= 11 is 0. The third-order valence-electron chi connectivity index (χ3n) is 4.39. The van der Waals surface area contributed by atoms with E-state index >= 15 is 0 Å². The number of aromatic nitrogens is 1. The molecular formula is C20H23N3O3. The molecule has 6 nitrogen and oxygen atoms in total. The first-order valence-corrected chi connectivity index (χ1v) is 8.56. The first kappa shape index (κ1) is 17.8. The molecule has 1 aromatic carbocycles. The van der Waals surface area contributed by atoms with Gasteiger partial charge in [0.2, 0.25) is 5.91 Å². The van der Waals surface area contributed by atoms with E-state index in [-0.39, 0.29) is 5.91 Å². The molecule has 0 atom stereocenters. The molecule has 0 spiro atoms. The maximum Gasteiger partial charge on any atom is 0.246 e. The van der Waals surface area contributed by atoms with Gasteiger partial charge in [0.15, 0.2) is 11.5 Å². The Balaban J connectivity index is 1.58. The summed E-state index contributed by atoms with van der Waals surface area (Å²) in [6.45, 7) is 2.94. The summed E-state index contributed by atoms with van der Waals surface area (Å²) in [5.41, 5.74) is 0.892. The topological polar surface area (TPSA) is 54.9 Å². The van der Waals surface area contributed by atoms with Crippen LogP contribution < -0.4 is 14.4 Å². The second kappa shape index (κ2) is 8.38. The lowest BCUT2D eigenvalue weighted by Crippen LogP contribution is -2.48. The minimum absolute atomic E-state index is 0.0143. The Hall–Kier alpha value is -3.02. The predicted molar refractivity (Wildman–Crippen MR) is 102 cm³/mol. The van der Waals surface area contributed by atoms with Crippen LogP contribution in [0.25, 0.3) is 6.08 Å². The first-order valence-electron chi connectivity index (χ1n) is 8.56. The van der Waals surface area contributed by atoms with Crippen molar-refractivity contribution in [3.8, 4) is 11.5 Å². The monoisotopic (exact) mass is 353 g/mol. The van der Waals surface area contributed by atoms with Gasteiger partial charge in [-0.3, -0.25) is 4.79 Å². The van der Waals surface area contributed by atoms with Crippen LogP contribution in [0.2, 0.25) is 0 Å². The molecule has 0 bridgehead atoms. The molecule has 0 radical (unpaired) electrons. The van der Waals surface area contributed by atoms with Gasteiger partial charge in [0, 0.05) is 38.5 Å². The van der Waals surface area contributed by atoms with E-state index in [0.29, 0.717) is 24.6 Å². The molecular weight excluding hydrogens is 330 g/mol. The van der Waals surface area contributed by atoms with E-state index < -0.39 is 0 Å². The lowest BCUT2D eigenvalue weighted by molar-refractivity contribution is -0.126. The highest BCUT2D eigenvalue weighted by molar-refractivity contribution is 5.92. The molecule has 2 aromatic rings. The van der Waals surface area contributed by atoms with Gasteiger partial charge < -0.3 is 19.3 Å². The fourth-order valence-corrected chi connectivity index (χ4v) is 2.93. The number of nitrogens with zero attached hydrogens (tertiary/aromatic N) is 3. The number of carbonyl (C=O) groups is 1. The van der Waals surface area contributed by atoms with Crippen molar-refractivity contribution >= 4 is 17.8 Å². The molecule has 1 aliphatic heterocycles. The number of amides is 1. The molecule has 2 heterocycles. The molecule has 136 valence electrons.